The van der Waals surface area contributed by atoms with Gasteiger partial charge in [-0.2, -0.15) is 0 Å². The van der Waals surface area contributed by atoms with Gasteiger partial charge in [-0.3, -0.25) is 38.8 Å². The average molecular weight is 432 g/mol. The molecule has 1 atom stereocenters. The molecule has 4 N–H and O–H groups in total. The highest BCUT2D eigenvalue weighted by Gasteiger charge is 2.23. The number of carboxylic acid groups (broad SMARTS) is 4. The van der Waals surface area contributed by atoms with Crippen molar-refractivity contribution in [3.63, 3.8) is 0 Å². The van der Waals surface area contributed by atoms with Gasteiger partial charge in [-0.25, -0.2) is 0 Å². The highest BCUT2D eigenvalue weighted by atomic mass is 16.4. The Bertz CT molecular complexity index is 603. The van der Waals surface area contributed by atoms with E-state index in [1.165, 1.54) is 0 Å². The van der Waals surface area contributed by atoms with Gasteiger partial charge in [0.25, 0.3) is 0 Å². The largest absolute Gasteiger partial charge is 0.480 e. The second kappa shape index (κ2) is 13.1. The first-order chi connectivity index (χ1) is 14.1. The maximum Gasteiger partial charge on any atom is 0.317 e. The summed E-state index contributed by atoms with van der Waals surface area (Å²) < 4.78 is 0. The Kier molecular flexibility index (Phi) is 11.3. The number of hydrogen-bond donors (Lipinski definition) is 4. The molecule has 1 rings (SSSR count). The maximum atomic E-state index is 11.3. The van der Waals surface area contributed by atoms with E-state index in [-0.39, 0.29) is 32.2 Å². The Balaban J connectivity index is 3.02. The Labute approximate surface area is 175 Å². The Morgan fingerprint density at radius 2 is 1.03 bits per heavy atom. The van der Waals surface area contributed by atoms with Gasteiger partial charge in [0.1, 0.15) is 0 Å². The summed E-state index contributed by atoms with van der Waals surface area (Å²) in [5, 5.41) is 36.7. The van der Waals surface area contributed by atoms with Crippen LogP contribution in [0.5, 0.6) is 0 Å². The van der Waals surface area contributed by atoms with Gasteiger partial charge in [0.2, 0.25) is 0 Å². The van der Waals surface area contributed by atoms with Crippen LogP contribution in [0.2, 0.25) is 0 Å². The zero-order valence-electron chi connectivity index (χ0n) is 17.3. The quantitative estimate of drug-likeness (QED) is 0.345. The molecule has 0 aromatic rings. The predicted molar refractivity (Wildman–Crippen MR) is 106 cm³/mol. The number of nitrogens with zero attached hydrogens (tertiary/aromatic N) is 4. The predicted octanol–water partition coefficient (Wildman–Crippen LogP) is -1.67. The SMILES string of the molecule is C[C@@H]1CN(CC(=O)O)CCN(CC(=O)O)CCN(CC(=O)O)CCCN1CC(=O)O. The minimum atomic E-state index is -1.02. The molecule has 0 radical (unpaired) electrons. The van der Waals surface area contributed by atoms with Gasteiger partial charge < -0.3 is 20.4 Å². The Morgan fingerprint density at radius 3 is 1.50 bits per heavy atom. The lowest BCUT2D eigenvalue weighted by molar-refractivity contribution is -0.141. The topological polar surface area (TPSA) is 162 Å². The van der Waals surface area contributed by atoms with E-state index in [1.54, 1.807) is 19.6 Å². The third kappa shape index (κ3) is 11.0. The molecule has 30 heavy (non-hydrogen) atoms. The fourth-order valence-corrected chi connectivity index (χ4v) is 3.53. The summed E-state index contributed by atoms with van der Waals surface area (Å²) in [6.45, 7) is 3.38. The molecule has 12 nitrogen and oxygen atoms in total. The molecule has 1 heterocycles. The van der Waals surface area contributed by atoms with Crippen LogP contribution in [-0.2, 0) is 19.2 Å². The molecule has 0 amide bonds. The van der Waals surface area contributed by atoms with Crippen molar-refractivity contribution in [2.75, 3.05) is 72.0 Å². The van der Waals surface area contributed by atoms with E-state index in [0.717, 1.165) is 0 Å². The summed E-state index contributed by atoms with van der Waals surface area (Å²) in [7, 11) is 0. The van der Waals surface area contributed by atoms with E-state index in [9.17, 15) is 29.4 Å². The second-order valence-corrected chi connectivity index (χ2v) is 7.54. The minimum absolute atomic E-state index is 0.194. The van der Waals surface area contributed by atoms with Crippen LogP contribution in [0.1, 0.15) is 13.3 Å². The highest BCUT2D eigenvalue weighted by Crippen LogP contribution is 2.07. The number of carboxylic acids is 4. The van der Waals surface area contributed by atoms with Crippen molar-refractivity contribution in [2.24, 2.45) is 0 Å². The molecular weight excluding hydrogens is 400 g/mol. The van der Waals surface area contributed by atoms with Crippen LogP contribution in [0.25, 0.3) is 0 Å². The van der Waals surface area contributed by atoms with Crippen LogP contribution in [-0.4, -0.2) is 142 Å². The summed E-state index contributed by atoms with van der Waals surface area (Å²) in [6, 6.07) is -0.248. The summed E-state index contributed by atoms with van der Waals surface area (Å²) in [5.41, 5.74) is 0. The van der Waals surface area contributed by atoms with Crippen molar-refractivity contribution in [2.45, 2.75) is 19.4 Å². The van der Waals surface area contributed by atoms with Gasteiger partial charge in [-0.15, -0.1) is 0 Å². The third-order valence-corrected chi connectivity index (χ3v) is 4.95. The second-order valence-electron chi connectivity index (χ2n) is 7.54. The molecule has 1 aliphatic rings. The molecule has 0 saturated carbocycles. The van der Waals surface area contributed by atoms with Crippen LogP contribution in [0.3, 0.4) is 0 Å². The van der Waals surface area contributed by atoms with Crippen molar-refractivity contribution in [1.82, 2.24) is 19.6 Å². The molecule has 1 aliphatic heterocycles. The van der Waals surface area contributed by atoms with E-state index in [2.05, 4.69) is 0 Å². The number of hydrogen-bond acceptors (Lipinski definition) is 8. The fraction of sp³-hybridized carbons (Fsp3) is 0.778. The Hall–Kier alpha value is -2.28. The highest BCUT2D eigenvalue weighted by molar-refractivity contribution is 5.70. The lowest BCUT2D eigenvalue weighted by Crippen LogP contribution is -2.48. The standard InChI is InChI=1S/C18H32N4O8/c1-14-9-21(12-17(27)28)8-7-20(11-16(25)26)6-5-19(10-15(23)24)3-2-4-22(14)13-18(29)30/h14H,2-13H2,1H3,(H,23,24)(H,25,26)(H,27,28)(H,29,30)/t14-/m1/s1. The molecule has 0 bridgehead atoms. The zero-order valence-corrected chi connectivity index (χ0v) is 17.3. The molecule has 1 fully saturated rings. The molecule has 0 aliphatic carbocycles. The van der Waals surface area contributed by atoms with Crippen molar-refractivity contribution in [1.29, 1.82) is 0 Å². The minimum Gasteiger partial charge on any atom is -0.480 e. The van der Waals surface area contributed by atoms with Gasteiger partial charge >= 0.3 is 23.9 Å². The van der Waals surface area contributed by atoms with Crippen molar-refractivity contribution >= 4 is 23.9 Å². The monoisotopic (exact) mass is 432 g/mol. The van der Waals surface area contributed by atoms with Crippen molar-refractivity contribution in [3.8, 4) is 0 Å². The summed E-state index contributed by atoms with van der Waals surface area (Å²) in [4.78, 5) is 51.6. The number of aliphatic carboxylic acids is 4. The summed E-state index contributed by atoms with van der Waals surface area (Å²) in [6.07, 6.45) is 0.531. The van der Waals surface area contributed by atoms with E-state index >= 15 is 0 Å². The van der Waals surface area contributed by atoms with Gasteiger partial charge in [-0.1, -0.05) is 0 Å². The van der Waals surface area contributed by atoms with Gasteiger partial charge in [0.15, 0.2) is 0 Å². The first kappa shape index (κ1) is 25.8. The smallest absolute Gasteiger partial charge is 0.317 e. The first-order valence-corrected chi connectivity index (χ1v) is 9.85. The van der Waals surface area contributed by atoms with E-state index in [4.69, 9.17) is 10.2 Å². The van der Waals surface area contributed by atoms with Crippen molar-refractivity contribution in [3.05, 3.63) is 0 Å². The van der Waals surface area contributed by atoms with Gasteiger partial charge in [0.05, 0.1) is 26.2 Å². The van der Waals surface area contributed by atoms with E-state index in [1.807, 2.05) is 6.92 Å². The zero-order chi connectivity index (χ0) is 22.7. The van der Waals surface area contributed by atoms with Crippen LogP contribution >= 0.6 is 0 Å². The first-order valence-electron chi connectivity index (χ1n) is 9.85. The molecule has 0 unspecified atom stereocenters. The lowest BCUT2D eigenvalue weighted by atomic mass is 10.2. The number of rotatable bonds is 8. The fourth-order valence-electron chi connectivity index (χ4n) is 3.53. The van der Waals surface area contributed by atoms with Crippen molar-refractivity contribution < 1.29 is 39.6 Å². The average Bonchev–Trinajstić information content (AvgIpc) is 2.60. The molecule has 0 spiro atoms. The Morgan fingerprint density at radius 1 is 0.633 bits per heavy atom. The molecule has 1 saturated heterocycles. The lowest BCUT2D eigenvalue weighted by Gasteiger charge is -2.32. The third-order valence-electron chi connectivity index (χ3n) is 4.95. The van der Waals surface area contributed by atoms with Gasteiger partial charge in [0, 0.05) is 51.9 Å². The van der Waals surface area contributed by atoms with Crippen LogP contribution in [0, 0.1) is 0 Å². The summed E-state index contributed by atoms with van der Waals surface area (Å²) in [5.74, 6) is -4.03. The molecule has 172 valence electrons. The molecule has 12 heteroatoms. The van der Waals surface area contributed by atoms with Gasteiger partial charge in [-0.05, 0) is 13.3 Å². The van der Waals surface area contributed by atoms with E-state index < -0.39 is 23.9 Å². The molecule has 0 aromatic carbocycles. The normalized spacial score (nSPS) is 21.8. The van der Waals surface area contributed by atoms with E-state index in [0.29, 0.717) is 52.2 Å². The van der Waals surface area contributed by atoms with Crippen LogP contribution < -0.4 is 0 Å². The van der Waals surface area contributed by atoms with Crippen LogP contribution in [0.4, 0.5) is 0 Å². The molecular formula is C18H32N4O8. The maximum absolute atomic E-state index is 11.3. The van der Waals surface area contributed by atoms with Crippen LogP contribution in [0.15, 0.2) is 0 Å². The summed E-state index contributed by atoms with van der Waals surface area (Å²) >= 11 is 0. The number of carbonyl (C=O) groups is 4. The molecule has 0 aromatic heterocycles.